The first kappa shape index (κ1) is 50.5. The molecule has 0 aromatic rings. The Morgan fingerprint density at radius 1 is 0.554 bits per heavy atom. The monoisotopic (exact) mass is 814 g/mol. The Kier molecular flexibility index (Phi) is 18.2. The van der Waals surface area contributed by atoms with Crippen molar-refractivity contribution in [1.29, 1.82) is 0 Å². The summed E-state index contributed by atoms with van der Waals surface area (Å²) in [4.78, 5) is 77.9. The molecular formula is C35H58O21. The fraction of sp³-hybridized carbons (Fsp3) is 0.829. The maximum absolute atomic E-state index is 13.4. The number of carbonyl (C=O) groups is 6. The van der Waals surface area contributed by atoms with Crippen LogP contribution in [0.15, 0.2) is 0 Å². The molecule has 21 heteroatoms. The largest absolute Gasteiger partial charge is 0.464 e. The van der Waals surface area contributed by atoms with Crippen LogP contribution in [0.4, 0.5) is 0 Å². The van der Waals surface area contributed by atoms with Gasteiger partial charge in [-0.1, -0.05) is 0 Å². The fourth-order valence-corrected chi connectivity index (χ4v) is 4.46. The fourth-order valence-electron chi connectivity index (χ4n) is 4.46. The van der Waals surface area contributed by atoms with E-state index in [0.717, 1.165) is 13.8 Å². The average Bonchev–Trinajstić information content (AvgIpc) is 3.30. The minimum absolute atomic E-state index is 0.586. The van der Waals surface area contributed by atoms with E-state index in [4.69, 9.17) is 28.4 Å². The molecule has 56 heavy (non-hydrogen) atoms. The van der Waals surface area contributed by atoms with Gasteiger partial charge in [0.05, 0.1) is 64.4 Å². The van der Waals surface area contributed by atoms with Crippen LogP contribution in [0.3, 0.4) is 0 Å². The number of esters is 6. The van der Waals surface area contributed by atoms with Crippen LogP contribution in [0.2, 0.25) is 0 Å². The van der Waals surface area contributed by atoms with E-state index < -0.39 is 179 Å². The Balaban J connectivity index is 3.48. The van der Waals surface area contributed by atoms with Crippen LogP contribution in [-0.2, 0) is 57.2 Å². The van der Waals surface area contributed by atoms with Crippen LogP contribution in [0.1, 0.15) is 48.0 Å². The summed E-state index contributed by atoms with van der Waals surface area (Å²) in [5.41, 5.74) is -13.1. The SMILES string of the molecule is CC(CO)(CO)C(=O)OCC(C)(CO)C(=O)OCC1(COC(=O)C(C)(CO)COC(=O)C(C)(CO)CO)COC(=O)C(C)(COC(=O)C(C)(CO)CO)C(O)C1. The second-order valence-corrected chi connectivity index (χ2v) is 16.2. The topological polar surface area (TPSA) is 340 Å². The van der Waals surface area contributed by atoms with Crippen molar-refractivity contribution in [2.75, 3.05) is 92.5 Å². The summed E-state index contributed by atoms with van der Waals surface area (Å²) in [6, 6.07) is 0. The molecule has 0 amide bonds. The Hall–Kier alpha value is -3.54. The van der Waals surface area contributed by atoms with Gasteiger partial charge < -0.3 is 74.4 Å². The van der Waals surface area contributed by atoms with E-state index in [1.165, 1.54) is 27.7 Å². The van der Waals surface area contributed by atoms with Gasteiger partial charge >= 0.3 is 35.8 Å². The lowest BCUT2D eigenvalue weighted by atomic mass is 9.76. The summed E-state index contributed by atoms with van der Waals surface area (Å²) >= 11 is 0. The molecule has 1 heterocycles. The van der Waals surface area contributed by atoms with Gasteiger partial charge in [-0.3, -0.25) is 28.8 Å². The number of rotatable bonds is 23. The molecule has 0 radical (unpaired) electrons. The lowest BCUT2D eigenvalue weighted by Gasteiger charge is -2.36. The summed E-state index contributed by atoms with van der Waals surface area (Å²) < 4.78 is 31.8. The standard InChI is InChI=1S/C35H58O21/c1-29(8-36,9-37)23(45)51-16-32(4,14-42)26(48)54-19-35(20-55-27(49)33(5,15-43)17-52-24(46)30(2,10-38)11-39)7-22(44)34(6,28(50)56-21-35)18-53-25(47)31(3,12-40)13-41/h22,36-44H,7-21H2,1-6H3. The van der Waals surface area contributed by atoms with Crippen LogP contribution in [0, 0.1) is 37.9 Å². The molecule has 1 fully saturated rings. The molecule has 9 N–H and O–H groups in total. The highest BCUT2D eigenvalue weighted by Crippen LogP contribution is 2.40. The minimum atomic E-state index is -2.03. The van der Waals surface area contributed by atoms with Crippen molar-refractivity contribution in [1.82, 2.24) is 0 Å². The Morgan fingerprint density at radius 2 is 0.839 bits per heavy atom. The number of aliphatic hydroxyl groups is 9. The van der Waals surface area contributed by atoms with Gasteiger partial charge in [-0.05, 0) is 48.0 Å². The van der Waals surface area contributed by atoms with Gasteiger partial charge in [0.1, 0.15) is 72.1 Å². The molecule has 0 aliphatic carbocycles. The second-order valence-electron chi connectivity index (χ2n) is 16.2. The lowest BCUT2D eigenvalue weighted by molar-refractivity contribution is -0.180. The van der Waals surface area contributed by atoms with E-state index in [1.807, 2.05) is 0 Å². The van der Waals surface area contributed by atoms with E-state index in [9.17, 15) is 74.7 Å². The lowest BCUT2D eigenvalue weighted by Crippen LogP contribution is -2.48. The molecule has 4 unspecified atom stereocenters. The van der Waals surface area contributed by atoms with E-state index in [1.54, 1.807) is 0 Å². The Bertz CT molecular complexity index is 1310. The van der Waals surface area contributed by atoms with Crippen LogP contribution in [0.25, 0.3) is 0 Å². The van der Waals surface area contributed by atoms with Crippen LogP contribution in [-0.4, -0.2) is 180 Å². The maximum Gasteiger partial charge on any atom is 0.317 e. The van der Waals surface area contributed by atoms with Gasteiger partial charge in [-0.2, -0.15) is 0 Å². The maximum atomic E-state index is 13.4. The summed E-state index contributed by atoms with van der Waals surface area (Å²) in [7, 11) is 0. The Labute approximate surface area is 323 Å². The van der Waals surface area contributed by atoms with Crippen molar-refractivity contribution < 1.29 is 103 Å². The first-order valence-corrected chi connectivity index (χ1v) is 17.5. The van der Waals surface area contributed by atoms with E-state index >= 15 is 0 Å². The first-order chi connectivity index (χ1) is 25.9. The predicted octanol–water partition coefficient (Wildman–Crippen LogP) is -4.03. The number of carbonyl (C=O) groups excluding carboxylic acids is 6. The predicted molar refractivity (Wildman–Crippen MR) is 184 cm³/mol. The van der Waals surface area contributed by atoms with Crippen molar-refractivity contribution in [2.45, 2.75) is 54.1 Å². The highest BCUT2D eigenvalue weighted by Gasteiger charge is 2.54. The summed E-state index contributed by atoms with van der Waals surface area (Å²) in [6.07, 6.45) is -2.39. The molecule has 324 valence electrons. The van der Waals surface area contributed by atoms with Crippen LogP contribution < -0.4 is 0 Å². The molecule has 4 atom stereocenters. The quantitative estimate of drug-likeness (QED) is 0.0350. The third-order valence-corrected chi connectivity index (χ3v) is 10.2. The number of aliphatic hydroxyl groups excluding tert-OH is 9. The number of ether oxygens (including phenoxy) is 6. The normalized spacial score (nSPS) is 22.7. The van der Waals surface area contributed by atoms with Gasteiger partial charge in [-0.25, -0.2) is 0 Å². The van der Waals surface area contributed by atoms with Gasteiger partial charge in [-0.15, -0.1) is 0 Å². The zero-order valence-electron chi connectivity index (χ0n) is 32.6. The summed E-state index contributed by atoms with van der Waals surface area (Å²) in [5, 5.41) is 88.8. The molecule has 1 rings (SSSR count). The highest BCUT2D eigenvalue weighted by molar-refractivity contribution is 5.81. The third-order valence-electron chi connectivity index (χ3n) is 10.2. The Morgan fingerprint density at radius 3 is 1.16 bits per heavy atom. The van der Waals surface area contributed by atoms with Crippen LogP contribution >= 0.6 is 0 Å². The molecule has 21 nitrogen and oxygen atoms in total. The molecule has 0 saturated carbocycles. The zero-order valence-corrected chi connectivity index (χ0v) is 32.6. The number of hydrogen-bond donors (Lipinski definition) is 9. The van der Waals surface area contributed by atoms with Gasteiger partial charge in [0, 0.05) is 0 Å². The van der Waals surface area contributed by atoms with E-state index in [0.29, 0.717) is 0 Å². The molecule has 1 aliphatic rings. The number of hydrogen-bond acceptors (Lipinski definition) is 21. The third kappa shape index (κ3) is 11.5. The average molecular weight is 815 g/mol. The smallest absolute Gasteiger partial charge is 0.317 e. The first-order valence-electron chi connectivity index (χ1n) is 17.5. The number of cyclic esters (lactones) is 1. The van der Waals surface area contributed by atoms with Crippen molar-refractivity contribution >= 4 is 35.8 Å². The van der Waals surface area contributed by atoms with E-state index in [-0.39, 0.29) is 0 Å². The van der Waals surface area contributed by atoms with Crippen molar-refractivity contribution in [3.8, 4) is 0 Å². The molecular weight excluding hydrogens is 756 g/mol. The van der Waals surface area contributed by atoms with Gasteiger partial charge in [0.15, 0.2) is 0 Å². The van der Waals surface area contributed by atoms with Crippen LogP contribution in [0.5, 0.6) is 0 Å². The van der Waals surface area contributed by atoms with Gasteiger partial charge in [0.25, 0.3) is 0 Å². The molecule has 1 saturated heterocycles. The van der Waals surface area contributed by atoms with Crippen molar-refractivity contribution in [2.24, 2.45) is 37.9 Å². The minimum Gasteiger partial charge on any atom is -0.464 e. The second kappa shape index (κ2) is 20.2. The zero-order chi connectivity index (χ0) is 43.4. The van der Waals surface area contributed by atoms with E-state index in [2.05, 4.69) is 0 Å². The highest BCUT2D eigenvalue weighted by atomic mass is 16.6. The molecule has 0 spiro atoms. The molecule has 1 aliphatic heterocycles. The molecule has 0 bridgehead atoms. The van der Waals surface area contributed by atoms with Crippen molar-refractivity contribution in [3.05, 3.63) is 0 Å². The summed E-state index contributed by atoms with van der Waals surface area (Å²) in [5.74, 6) is -6.87. The molecule has 0 aromatic carbocycles. The summed E-state index contributed by atoms with van der Waals surface area (Å²) in [6.45, 7) is -4.61. The van der Waals surface area contributed by atoms with Gasteiger partial charge in [0.2, 0.25) is 0 Å². The van der Waals surface area contributed by atoms with Crippen molar-refractivity contribution in [3.63, 3.8) is 0 Å². The molecule has 0 aromatic heterocycles.